The number of benzene rings is 1. The molecule has 1 aromatic rings. The van der Waals surface area contributed by atoms with Crippen LogP contribution in [0.1, 0.15) is 12.5 Å². The Morgan fingerprint density at radius 1 is 1.48 bits per heavy atom. The van der Waals surface area contributed by atoms with Crippen molar-refractivity contribution in [1.82, 2.24) is 9.80 Å². The fourth-order valence-electron chi connectivity index (χ4n) is 2.07. The molecule has 0 aliphatic carbocycles. The number of hydrogen-bond acceptors (Lipinski definition) is 4. The normalized spacial score (nSPS) is 17.0. The third-order valence-corrected chi connectivity index (χ3v) is 4.43. The van der Waals surface area contributed by atoms with E-state index in [9.17, 15) is 9.90 Å². The first kappa shape index (κ1) is 15.8. The van der Waals surface area contributed by atoms with Crippen molar-refractivity contribution in [2.24, 2.45) is 0 Å². The maximum atomic E-state index is 12.3. The van der Waals surface area contributed by atoms with Gasteiger partial charge in [-0.25, -0.2) is 0 Å². The molecule has 1 aliphatic rings. The van der Waals surface area contributed by atoms with Gasteiger partial charge in [0.1, 0.15) is 5.70 Å². The molecule has 1 aromatic carbocycles. The molecule has 21 heavy (non-hydrogen) atoms. The third-order valence-electron chi connectivity index (χ3n) is 3.25. The van der Waals surface area contributed by atoms with Crippen LogP contribution >= 0.6 is 28.1 Å². The molecule has 0 spiro atoms. The van der Waals surface area contributed by atoms with Crippen molar-refractivity contribution < 1.29 is 14.6 Å². The lowest BCUT2D eigenvalue weighted by atomic mass is 10.1. The summed E-state index contributed by atoms with van der Waals surface area (Å²) in [4.78, 5) is 15.5. The Labute approximate surface area is 136 Å². The maximum Gasteiger partial charge on any atom is 0.276 e. The quantitative estimate of drug-likeness (QED) is 0.654. The van der Waals surface area contributed by atoms with Gasteiger partial charge in [0.2, 0.25) is 0 Å². The van der Waals surface area contributed by atoms with Crippen LogP contribution in [-0.2, 0) is 4.79 Å². The van der Waals surface area contributed by atoms with Crippen molar-refractivity contribution in [2.75, 3.05) is 20.7 Å². The number of rotatable bonds is 3. The van der Waals surface area contributed by atoms with E-state index in [1.165, 1.54) is 18.1 Å². The number of methoxy groups -OCH3 is 1. The maximum absolute atomic E-state index is 12.3. The molecule has 1 amide bonds. The van der Waals surface area contributed by atoms with E-state index in [0.29, 0.717) is 27.6 Å². The van der Waals surface area contributed by atoms with Gasteiger partial charge in [-0.2, -0.15) is 0 Å². The first-order valence-corrected chi connectivity index (χ1v) is 7.48. The van der Waals surface area contributed by atoms with Crippen LogP contribution in [0.3, 0.4) is 0 Å². The van der Waals surface area contributed by atoms with Gasteiger partial charge in [-0.1, -0.05) is 15.9 Å². The summed E-state index contributed by atoms with van der Waals surface area (Å²) in [6, 6.07) is 3.19. The highest BCUT2D eigenvalue weighted by Gasteiger charge is 2.34. The van der Waals surface area contributed by atoms with E-state index in [0.717, 1.165) is 5.56 Å². The van der Waals surface area contributed by atoms with Crippen molar-refractivity contribution in [3.8, 4) is 11.5 Å². The summed E-state index contributed by atoms with van der Waals surface area (Å²) in [5.74, 6) is 0.236. The summed E-state index contributed by atoms with van der Waals surface area (Å²) in [5.41, 5.74) is 1.20. The van der Waals surface area contributed by atoms with Gasteiger partial charge in [0.25, 0.3) is 5.91 Å². The number of ether oxygens (including phenoxy) is 1. The van der Waals surface area contributed by atoms with Gasteiger partial charge in [-0.05, 0) is 42.9 Å². The van der Waals surface area contributed by atoms with E-state index in [1.807, 2.05) is 6.92 Å². The molecule has 112 valence electrons. The van der Waals surface area contributed by atoms with Crippen LogP contribution in [-0.4, -0.2) is 46.6 Å². The molecule has 1 fully saturated rings. The number of aromatic hydroxyl groups is 1. The molecule has 7 heteroatoms. The highest BCUT2D eigenvalue weighted by molar-refractivity contribution is 9.10. The molecule has 1 saturated heterocycles. The number of phenolic OH excluding ortho intramolecular Hbond substituents is 1. The van der Waals surface area contributed by atoms with E-state index in [2.05, 4.69) is 15.9 Å². The van der Waals surface area contributed by atoms with Crippen LogP contribution in [0.15, 0.2) is 22.3 Å². The lowest BCUT2D eigenvalue weighted by molar-refractivity contribution is -0.122. The molecular weight excluding hydrogens is 356 g/mol. The minimum atomic E-state index is -0.135. The van der Waals surface area contributed by atoms with Crippen molar-refractivity contribution >= 4 is 45.2 Å². The molecule has 5 nitrogen and oxygen atoms in total. The number of nitrogens with zero attached hydrogens (tertiary/aromatic N) is 2. The van der Waals surface area contributed by atoms with E-state index in [1.54, 1.807) is 24.1 Å². The van der Waals surface area contributed by atoms with Gasteiger partial charge < -0.3 is 14.7 Å². The first-order chi connectivity index (χ1) is 9.90. The van der Waals surface area contributed by atoms with Crippen LogP contribution in [0, 0.1) is 0 Å². The molecule has 1 heterocycles. The topological polar surface area (TPSA) is 53.0 Å². The van der Waals surface area contributed by atoms with Gasteiger partial charge >= 0.3 is 0 Å². The van der Waals surface area contributed by atoms with Gasteiger partial charge in [0.05, 0.1) is 7.11 Å². The Morgan fingerprint density at radius 3 is 2.67 bits per heavy atom. The Bertz CT molecular complexity index is 645. The molecule has 0 aromatic heterocycles. The van der Waals surface area contributed by atoms with Gasteiger partial charge in [0, 0.05) is 18.1 Å². The smallest absolute Gasteiger partial charge is 0.276 e. The summed E-state index contributed by atoms with van der Waals surface area (Å²) in [6.45, 7) is 2.40. The summed E-state index contributed by atoms with van der Waals surface area (Å²) < 4.78 is 5.75. The van der Waals surface area contributed by atoms with Crippen molar-refractivity contribution in [2.45, 2.75) is 6.92 Å². The Hall–Kier alpha value is -1.60. The van der Waals surface area contributed by atoms with Gasteiger partial charge in [-0.3, -0.25) is 9.69 Å². The van der Waals surface area contributed by atoms with Crippen LogP contribution in [0.5, 0.6) is 11.5 Å². The molecule has 0 unspecified atom stereocenters. The second-order valence-electron chi connectivity index (χ2n) is 4.47. The lowest BCUT2D eigenvalue weighted by Crippen LogP contribution is -2.30. The second-order valence-corrected chi connectivity index (χ2v) is 5.69. The molecule has 0 atom stereocenters. The first-order valence-electron chi connectivity index (χ1n) is 6.28. The van der Waals surface area contributed by atoms with Crippen LogP contribution in [0.25, 0.3) is 6.08 Å². The van der Waals surface area contributed by atoms with Crippen molar-refractivity contribution in [3.63, 3.8) is 0 Å². The number of carbonyl (C=O) groups is 1. The molecule has 0 radical (unpaired) electrons. The minimum Gasteiger partial charge on any atom is -0.504 e. The molecule has 1 aliphatic heterocycles. The largest absolute Gasteiger partial charge is 0.504 e. The number of amides is 1. The van der Waals surface area contributed by atoms with Crippen LogP contribution in [0.4, 0.5) is 0 Å². The van der Waals surface area contributed by atoms with Gasteiger partial charge in [0.15, 0.2) is 16.6 Å². The average molecular weight is 371 g/mol. The number of carbonyl (C=O) groups excluding carboxylic acids is 1. The van der Waals surface area contributed by atoms with E-state index in [-0.39, 0.29) is 11.7 Å². The van der Waals surface area contributed by atoms with Gasteiger partial charge in [-0.15, -0.1) is 0 Å². The predicted molar refractivity (Wildman–Crippen MR) is 88.1 cm³/mol. The van der Waals surface area contributed by atoms with E-state index in [4.69, 9.17) is 17.0 Å². The summed E-state index contributed by atoms with van der Waals surface area (Å²) in [7, 11) is 3.23. The standard InChI is InChI=1S/C14H15BrN2O3S/c1-4-17-13(19)10(16(2)14(17)21)5-8-6-12(20-3)11(18)7-9(8)15/h5-7,18H,4H2,1-3H3/b10-5-. The SMILES string of the molecule is CCN1C(=O)/C(=C/c2cc(OC)c(O)cc2Br)N(C)C1=S. The van der Waals surface area contributed by atoms with E-state index < -0.39 is 0 Å². The molecular formula is C14H15BrN2O3S. The number of phenols is 1. The number of hydrogen-bond donors (Lipinski definition) is 1. The summed E-state index contributed by atoms with van der Waals surface area (Å²) in [5, 5.41) is 10.2. The fourth-order valence-corrected chi connectivity index (χ4v) is 2.83. The Morgan fingerprint density at radius 2 is 2.14 bits per heavy atom. The third kappa shape index (κ3) is 2.75. The summed E-state index contributed by atoms with van der Waals surface area (Å²) in [6.07, 6.45) is 1.72. The second kappa shape index (κ2) is 6.03. The predicted octanol–water partition coefficient (Wildman–Crippen LogP) is 2.58. The number of thiocarbonyl (C=S) groups is 1. The van der Waals surface area contributed by atoms with Crippen molar-refractivity contribution in [1.29, 1.82) is 0 Å². The number of halogens is 1. The molecule has 0 bridgehead atoms. The molecule has 2 rings (SSSR count). The fraction of sp³-hybridized carbons (Fsp3) is 0.286. The summed E-state index contributed by atoms with van der Waals surface area (Å²) >= 11 is 8.62. The molecule has 1 N–H and O–H groups in total. The monoisotopic (exact) mass is 370 g/mol. The highest BCUT2D eigenvalue weighted by atomic mass is 79.9. The zero-order chi connectivity index (χ0) is 15.7. The van der Waals surface area contributed by atoms with E-state index >= 15 is 0 Å². The van der Waals surface area contributed by atoms with Crippen molar-refractivity contribution in [3.05, 3.63) is 27.9 Å². The highest BCUT2D eigenvalue weighted by Crippen LogP contribution is 2.34. The minimum absolute atomic E-state index is 0.0309. The molecule has 0 saturated carbocycles. The Kier molecular flexibility index (Phi) is 4.53. The number of likely N-dealkylation sites (N-methyl/N-ethyl adjacent to an activating group) is 2. The Balaban J connectivity index is 2.49. The lowest BCUT2D eigenvalue weighted by Gasteiger charge is -2.13. The zero-order valence-electron chi connectivity index (χ0n) is 11.9. The van der Waals surface area contributed by atoms with Crippen LogP contribution in [0.2, 0.25) is 0 Å². The average Bonchev–Trinajstić information content (AvgIpc) is 2.65. The van der Waals surface area contributed by atoms with Crippen LogP contribution < -0.4 is 4.74 Å². The zero-order valence-corrected chi connectivity index (χ0v) is 14.3.